The van der Waals surface area contributed by atoms with E-state index in [0.29, 0.717) is 0 Å². The molecule has 0 aliphatic heterocycles. The van der Waals surface area contributed by atoms with Gasteiger partial charge in [0, 0.05) is 0 Å². The summed E-state index contributed by atoms with van der Waals surface area (Å²) in [5.74, 6) is 0. The molecule has 0 spiro atoms. The first-order chi connectivity index (χ1) is 21.2. The molecule has 27 heteroatoms. The molecule has 0 saturated heterocycles. The summed E-state index contributed by atoms with van der Waals surface area (Å²) < 4.78 is 189. The van der Waals surface area contributed by atoms with Crippen molar-refractivity contribution in [3.05, 3.63) is 56.2 Å². The average molecular weight is 781 g/mol. The van der Waals surface area contributed by atoms with Crippen LogP contribution in [0.2, 0.25) is 0 Å². The van der Waals surface area contributed by atoms with Crippen molar-refractivity contribution in [2.45, 2.75) is 56.9 Å². The van der Waals surface area contributed by atoms with Gasteiger partial charge in [0.05, 0.1) is 40.8 Å². The molecule has 0 aliphatic carbocycles. The fraction of sp³-hybridized carbons (Fsp3) is 0.571. The van der Waals surface area contributed by atoms with Crippen LogP contribution in [0.25, 0.3) is 0 Å². The summed E-state index contributed by atoms with van der Waals surface area (Å²) in [5, 5.41) is 0. The van der Waals surface area contributed by atoms with Gasteiger partial charge in [-0.05, 0) is 20.8 Å². The summed E-state index contributed by atoms with van der Waals surface area (Å²) in [6.45, 7) is 9.54. The van der Waals surface area contributed by atoms with Gasteiger partial charge in [0.15, 0.2) is 30.4 Å². The fourth-order valence-corrected chi connectivity index (χ4v) is 2.07. The molecule has 0 bridgehead atoms. The van der Waals surface area contributed by atoms with Gasteiger partial charge in [-0.15, -0.1) is 0 Å². The predicted octanol–water partition coefficient (Wildman–Crippen LogP) is 1.15. The Morgan fingerprint density at radius 1 is 0.479 bits per heavy atom. The lowest BCUT2D eigenvalue weighted by molar-refractivity contribution is -0.671. The number of hydrogen-bond acceptors (Lipinski definition) is 9. The SMILES string of the molecule is CCn1cc[n+](C)c1.CCn1cc[n+](C)c1.CCn1cc[n+](C)c1.O=S(=O)([O-])C(F)(F)F.O=S(=O)([O-])C(F)(F)F.O=S(=O)([O-])C(F)(F)F. The van der Waals surface area contributed by atoms with E-state index in [-0.39, 0.29) is 0 Å². The lowest BCUT2D eigenvalue weighted by atomic mass is 10.7. The van der Waals surface area contributed by atoms with Gasteiger partial charge < -0.3 is 13.7 Å². The van der Waals surface area contributed by atoms with Crippen LogP contribution in [0.5, 0.6) is 0 Å². The number of hydrogen-bond donors (Lipinski definition) is 0. The first kappa shape index (κ1) is 49.1. The van der Waals surface area contributed by atoms with Gasteiger partial charge in [-0.3, -0.25) is 0 Å². The Labute approximate surface area is 270 Å². The Morgan fingerprint density at radius 3 is 0.667 bits per heavy atom. The van der Waals surface area contributed by atoms with Crippen LogP contribution in [-0.4, -0.2) is 69.1 Å². The fourth-order valence-electron chi connectivity index (χ4n) is 2.07. The Kier molecular flexibility index (Phi) is 20.8. The highest BCUT2D eigenvalue weighted by molar-refractivity contribution is 7.87. The van der Waals surface area contributed by atoms with Gasteiger partial charge in [0.1, 0.15) is 37.2 Å². The maximum Gasteiger partial charge on any atom is 0.485 e. The number of nitrogens with zero attached hydrogens (tertiary/aromatic N) is 6. The largest absolute Gasteiger partial charge is 0.741 e. The molecule has 0 aromatic carbocycles. The second-order valence-corrected chi connectivity index (χ2v) is 12.5. The lowest BCUT2D eigenvalue weighted by Crippen LogP contribution is -2.23. The van der Waals surface area contributed by atoms with Crippen molar-refractivity contribution in [1.29, 1.82) is 0 Å². The summed E-state index contributed by atoms with van der Waals surface area (Å²) in [4.78, 5) is 0. The van der Waals surface area contributed by atoms with Crippen LogP contribution in [0.15, 0.2) is 56.2 Å². The number of aryl methyl sites for hydroxylation is 6. The molecular formula is C21H33F9N6O9S3. The van der Waals surface area contributed by atoms with Crippen molar-refractivity contribution in [3.63, 3.8) is 0 Å². The number of imidazole rings is 3. The van der Waals surface area contributed by atoms with E-state index in [9.17, 15) is 39.5 Å². The Morgan fingerprint density at radius 2 is 0.625 bits per heavy atom. The predicted molar refractivity (Wildman–Crippen MR) is 141 cm³/mol. The standard InChI is InChI=1S/3C6H11N2.3CHF3O3S/c3*1-3-8-5-4-7(2)6-8;3*2-1(3,4)8(5,6)7/h3*4-6H,3H2,1-2H3;3*(H,5,6,7)/q3*+1;;;/p-3. The van der Waals surface area contributed by atoms with Crippen LogP contribution in [-0.2, 0) is 71.1 Å². The molecule has 0 fully saturated rings. The third kappa shape index (κ3) is 23.1. The molecule has 0 saturated carbocycles. The second-order valence-electron chi connectivity index (χ2n) is 8.43. The molecule has 0 N–H and O–H groups in total. The topological polar surface area (TPSA) is 198 Å². The van der Waals surface area contributed by atoms with Gasteiger partial charge in [-0.2, -0.15) is 39.5 Å². The molecule has 0 atom stereocenters. The molecule has 0 radical (unpaired) electrons. The molecule has 3 aromatic heterocycles. The lowest BCUT2D eigenvalue weighted by Gasteiger charge is -2.08. The summed E-state index contributed by atoms with van der Waals surface area (Å²) in [7, 11) is -12.2. The van der Waals surface area contributed by atoms with Gasteiger partial charge in [-0.25, -0.2) is 52.7 Å². The molecule has 3 heterocycles. The van der Waals surface area contributed by atoms with Crippen molar-refractivity contribution in [2.24, 2.45) is 21.1 Å². The minimum absolute atomic E-state index is 1.06. The first-order valence-corrected chi connectivity index (χ1v) is 16.5. The Bertz CT molecular complexity index is 1470. The van der Waals surface area contributed by atoms with Gasteiger partial charge in [0.25, 0.3) is 0 Å². The van der Waals surface area contributed by atoms with Gasteiger partial charge in [-0.1, -0.05) is 0 Å². The number of aromatic nitrogens is 6. The Hall–Kier alpha value is -3.27. The molecule has 0 unspecified atom stereocenters. The smallest absolute Gasteiger partial charge is 0.485 e. The van der Waals surface area contributed by atoms with E-state index >= 15 is 0 Å². The molecule has 0 aliphatic rings. The number of rotatable bonds is 3. The highest BCUT2D eigenvalue weighted by Gasteiger charge is 2.38. The molecular weight excluding hydrogens is 747 g/mol. The van der Waals surface area contributed by atoms with Crippen LogP contribution in [0.4, 0.5) is 39.5 Å². The molecule has 3 aromatic rings. The summed E-state index contributed by atoms with van der Waals surface area (Å²) in [6.07, 6.45) is 18.4. The average Bonchev–Trinajstić information content (AvgIpc) is 3.63. The third-order valence-corrected chi connectivity index (χ3v) is 6.12. The van der Waals surface area contributed by atoms with Crippen LogP contribution < -0.4 is 13.7 Å². The molecule has 282 valence electrons. The van der Waals surface area contributed by atoms with E-state index in [1.807, 2.05) is 53.4 Å². The zero-order chi connectivity index (χ0) is 38.9. The third-order valence-electron chi connectivity index (χ3n) is 4.42. The minimum atomic E-state index is -6.09. The van der Waals surface area contributed by atoms with E-state index in [1.165, 1.54) is 0 Å². The van der Waals surface area contributed by atoms with Crippen molar-refractivity contribution in [3.8, 4) is 0 Å². The van der Waals surface area contributed by atoms with Crippen LogP contribution in [0.1, 0.15) is 20.8 Å². The summed E-state index contributed by atoms with van der Waals surface area (Å²) >= 11 is 0. The highest BCUT2D eigenvalue weighted by Crippen LogP contribution is 2.21. The van der Waals surface area contributed by atoms with Crippen molar-refractivity contribution < 1.29 is 92.1 Å². The maximum atomic E-state index is 10.7. The van der Waals surface area contributed by atoms with Gasteiger partial charge in [0.2, 0.25) is 19.0 Å². The molecule has 3 rings (SSSR count). The summed E-state index contributed by atoms with van der Waals surface area (Å²) in [5.41, 5.74) is -16.9. The van der Waals surface area contributed by atoms with E-state index < -0.39 is 46.9 Å². The monoisotopic (exact) mass is 780 g/mol. The first-order valence-electron chi connectivity index (χ1n) is 12.3. The van der Waals surface area contributed by atoms with Crippen molar-refractivity contribution in [1.82, 2.24) is 13.7 Å². The number of alkyl halides is 9. The highest BCUT2D eigenvalue weighted by atomic mass is 32.2. The minimum Gasteiger partial charge on any atom is -0.741 e. The molecule has 0 amide bonds. The Balaban J connectivity index is -0.000000506. The zero-order valence-corrected chi connectivity index (χ0v) is 28.3. The van der Waals surface area contributed by atoms with E-state index in [4.69, 9.17) is 38.9 Å². The quantitative estimate of drug-likeness (QED) is 0.162. The maximum absolute atomic E-state index is 10.7. The summed E-state index contributed by atoms with van der Waals surface area (Å²) in [6, 6.07) is 0. The van der Waals surface area contributed by atoms with E-state index in [2.05, 4.69) is 72.0 Å². The normalized spacial score (nSPS) is 11.9. The number of halogens is 9. The zero-order valence-electron chi connectivity index (χ0n) is 25.8. The molecule has 15 nitrogen and oxygen atoms in total. The van der Waals surface area contributed by atoms with Crippen LogP contribution in [0.3, 0.4) is 0 Å². The second kappa shape index (κ2) is 20.3. The van der Waals surface area contributed by atoms with Crippen LogP contribution in [0, 0.1) is 0 Å². The van der Waals surface area contributed by atoms with Crippen LogP contribution >= 0.6 is 0 Å². The molecule has 48 heavy (non-hydrogen) atoms. The van der Waals surface area contributed by atoms with Crippen molar-refractivity contribution in [2.75, 3.05) is 0 Å². The van der Waals surface area contributed by atoms with E-state index in [1.54, 1.807) is 0 Å². The van der Waals surface area contributed by atoms with Crippen molar-refractivity contribution >= 4 is 30.4 Å². The van der Waals surface area contributed by atoms with Gasteiger partial charge >= 0.3 is 16.5 Å². The van der Waals surface area contributed by atoms with E-state index in [0.717, 1.165) is 19.6 Å².